The van der Waals surface area contributed by atoms with Crippen LogP contribution in [0.2, 0.25) is 0 Å². The van der Waals surface area contributed by atoms with Gasteiger partial charge in [-0.3, -0.25) is 4.79 Å². The van der Waals surface area contributed by atoms with E-state index in [1.807, 2.05) is 72.8 Å². The first-order valence-electron chi connectivity index (χ1n) is 17.2. The monoisotopic (exact) mass is 704 g/mol. The molecule has 11 heteroatoms. The molecule has 1 aromatic heterocycles. The molecule has 0 saturated heterocycles. The number of rotatable bonds is 14. The quantitative estimate of drug-likeness (QED) is 0.0903. The van der Waals surface area contributed by atoms with Gasteiger partial charge in [-0.05, 0) is 60.2 Å². The molecule has 0 saturated carbocycles. The summed E-state index contributed by atoms with van der Waals surface area (Å²) in [6.07, 6.45) is 3.34. The van der Waals surface area contributed by atoms with E-state index in [1.165, 1.54) is 12.0 Å². The van der Waals surface area contributed by atoms with Gasteiger partial charge >= 0.3 is 6.03 Å². The van der Waals surface area contributed by atoms with E-state index in [2.05, 4.69) is 41.7 Å². The van der Waals surface area contributed by atoms with Crippen molar-refractivity contribution in [3.63, 3.8) is 0 Å². The molecular weight excluding hydrogens is 656 g/mol. The molecule has 0 aliphatic carbocycles. The van der Waals surface area contributed by atoms with Gasteiger partial charge < -0.3 is 40.8 Å². The number of likely N-dealkylation sites (N-methyl/N-ethyl adjacent to an activating group) is 1. The van der Waals surface area contributed by atoms with Crippen LogP contribution in [0.4, 0.5) is 27.7 Å². The lowest BCUT2D eigenvalue weighted by Gasteiger charge is -2.30. The Labute approximate surface area is 305 Å². The maximum Gasteiger partial charge on any atom is 0.323 e. The minimum Gasteiger partial charge on any atom is -0.497 e. The van der Waals surface area contributed by atoms with Gasteiger partial charge in [-0.25, -0.2) is 9.78 Å². The molecule has 5 aromatic rings. The number of carbonyl (C=O) groups excluding carboxylic acids is 2. The van der Waals surface area contributed by atoms with Crippen LogP contribution >= 0.6 is 0 Å². The number of hydrogen-bond acceptors (Lipinski definition) is 8. The first-order valence-corrected chi connectivity index (χ1v) is 17.2. The number of fused-ring (bicyclic) bond motifs is 1. The molecule has 0 aliphatic heterocycles. The van der Waals surface area contributed by atoms with Crippen LogP contribution in [0, 0.1) is 0 Å². The molecular formula is C41H48N6O5. The van der Waals surface area contributed by atoms with Gasteiger partial charge in [0.2, 0.25) is 5.91 Å². The fraction of sp³-hybridized carbons (Fsp3) is 0.293. The first-order chi connectivity index (χ1) is 24.9. The van der Waals surface area contributed by atoms with Crippen LogP contribution < -0.4 is 35.9 Å². The van der Waals surface area contributed by atoms with Crippen molar-refractivity contribution in [2.75, 3.05) is 44.3 Å². The molecule has 5 N–H and O–H groups in total. The molecule has 4 aromatic carbocycles. The summed E-state index contributed by atoms with van der Waals surface area (Å²) in [6.45, 7) is 6.30. The Morgan fingerprint density at radius 3 is 2.33 bits per heavy atom. The number of anilines is 4. The number of nitrogens with one attached hydrogen (secondary N) is 3. The number of methoxy groups -OCH3 is 2. The molecule has 1 unspecified atom stereocenters. The Morgan fingerprint density at radius 2 is 1.62 bits per heavy atom. The van der Waals surface area contributed by atoms with Crippen LogP contribution in [0.5, 0.6) is 23.0 Å². The third kappa shape index (κ3) is 9.10. The van der Waals surface area contributed by atoms with Crippen molar-refractivity contribution in [1.82, 2.24) is 9.88 Å². The molecule has 0 radical (unpaired) electrons. The third-order valence-electron chi connectivity index (χ3n) is 8.97. The normalized spacial score (nSPS) is 11.8. The standard InChI is InChI=1S/C41H48N6O5/c1-8-28(42)25-41(2,3)27-20-26(21-38(48)47(4)5)39(51-7)35(22-27)46-40(49)45-34-16-17-36(33-15-10-9-14-32(33)34)52-31-18-19-43-37(24-31)44-29-12-11-13-30(23-29)50-6/h9-20,22-24,28H,8,21,25,42H2,1-7H3,(H,43,44)(H2,45,46,49). The Bertz CT molecular complexity index is 2050. The van der Waals surface area contributed by atoms with Crippen LogP contribution in [0.3, 0.4) is 0 Å². The molecule has 0 spiro atoms. The zero-order valence-corrected chi connectivity index (χ0v) is 30.9. The molecule has 3 amide bonds. The minimum absolute atomic E-state index is 0.0000774. The summed E-state index contributed by atoms with van der Waals surface area (Å²) in [5, 5.41) is 10.9. The largest absolute Gasteiger partial charge is 0.497 e. The highest BCUT2D eigenvalue weighted by Crippen LogP contribution is 2.39. The van der Waals surface area contributed by atoms with Gasteiger partial charge in [0.05, 0.1) is 32.0 Å². The van der Waals surface area contributed by atoms with Crippen LogP contribution in [0.15, 0.2) is 91.1 Å². The van der Waals surface area contributed by atoms with Crippen molar-refractivity contribution in [2.45, 2.75) is 51.5 Å². The van der Waals surface area contributed by atoms with Crippen LogP contribution in [0.25, 0.3) is 10.8 Å². The van der Waals surface area contributed by atoms with Crippen molar-refractivity contribution >= 4 is 45.6 Å². The van der Waals surface area contributed by atoms with Gasteiger partial charge in [0.25, 0.3) is 0 Å². The maximum absolute atomic E-state index is 13.7. The van der Waals surface area contributed by atoms with Gasteiger partial charge in [0.1, 0.15) is 28.8 Å². The van der Waals surface area contributed by atoms with E-state index in [9.17, 15) is 9.59 Å². The predicted octanol–water partition coefficient (Wildman–Crippen LogP) is 8.47. The zero-order chi connectivity index (χ0) is 37.4. The molecule has 0 fully saturated rings. The van der Waals surface area contributed by atoms with Gasteiger partial charge in [-0.15, -0.1) is 0 Å². The number of urea groups is 1. The predicted molar refractivity (Wildman–Crippen MR) is 208 cm³/mol. The summed E-state index contributed by atoms with van der Waals surface area (Å²) >= 11 is 0. The molecule has 5 rings (SSSR count). The third-order valence-corrected chi connectivity index (χ3v) is 8.97. The summed E-state index contributed by atoms with van der Waals surface area (Å²) in [7, 11) is 6.59. The first kappa shape index (κ1) is 37.4. The van der Waals surface area contributed by atoms with Crippen molar-refractivity contribution in [3.8, 4) is 23.0 Å². The average Bonchev–Trinajstić information content (AvgIpc) is 3.12. The minimum atomic E-state index is -0.468. The number of ether oxygens (including phenoxy) is 3. The van der Waals surface area contributed by atoms with E-state index in [-0.39, 0.29) is 23.8 Å². The van der Waals surface area contributed by atoms with E-state index in [4.69, 9.17) is 19.9 Å². The Balaban J connectivity index is 1.40. The number of nitrogens with zero attached hydrogens (tertiary/aromatic N) is 2. The zero-order valence-electron chi connectivity index (χ0n) is 30.9. The van der Waals surface area contributed by atoms with Crippen molar-refractivity contribution in [3.05, 3.63) is 102 Å². The molecule has 52 heavy (non-hydrogen) atoms. The van der Waals surface area contributed by atoms with Crippen LogP contribution in [-0.2, 0) is 16.6 Å². The number of pyridine rings is 1. The Hall–Kier alpha value is -5.81. The molecule has 0 aliphatic rings. The van der Waals surface area contributed by atoms with Gasteiger partial charge in [-0.1, -0.05) is 57.2 Å². The fourth-order valence-corrected chi connectivity index (χ4v) is 6.05. The van der Waals surface area contributed by atoms with E-state index >= 15 is 0 Å². The number of amides is 3. The van der Waals surface area contributed by atoms with E-state index in [0.717, 1.165) is 40.6 Å². The maximum atomic E-state index is 13.7. The Kier molecular flexibility index (Phi) is 11.9. The lowest BCUT2D eigenvalue weighted by atomic mass is 9.77. The van der Waals surface area contributed by atoms with Crippen LogP contribution in [0.1, 0.15) is 44.7 Å². The fourth-order valence-electron chi connectivity index (χ4n) is 6.05. The summed E-state index contributed by atoms with van der Waals surface area (Å²) in [5.41, 5.74) is 9.53. The highest BCUT2D eigenvalue weighted by atomic mass is 16.5. The van der Waals surface area contributed by atoms with E-state index in [1.54, 1.807) is 39.5 Å². The Morgan fingerprint density at radius 1 is 0.865 bits per heavy atom. The molecule has 11 nitrogen and oxygen atoms in total. The topological polar surface area (TPSA) is 140 Å². The summed E-state index contributed by atoms with van der Waals surface area (Å²) in [6, 6.07) is 25.9. The smallest absolute Gasteiger partial charge is 0.323 e. The molecule has 272 valence electrons. The number of aromatic nitrogens is 1. The number of hydrogen-bond donors (Lipinski definition) is 4. The second kappa shape index (κ2) is 16.5. The van der Waals surface area contributed by atoms with Crippen molar-refractivity contribution < 1.29 is 23.8 Å². The molecule has 1 atom stereocenters. The number of carbonyl (C=O) groups is 2. The second-order valence-corrected chi connectivity index (χ2v) is 13.5. The average molecular weight is 705 g/mol. The van der Waals surface area contributed by atoms with E-state index < -0.39 is 6.03 Å². The lowest BCUT2D eigenvalue weighted by Crippen LogP contribution is -2.31. The van der Waals surface area contributed by atoms with Gasteiger partial charge in [0, 0.05) is 60.5 Å². The number of benzene rings is 4. The van der Waals surface area contributed by atoms with Gasteiger partial charge in [-0.2, -0.15) is 0 Å². The molecule has 1 heterocycles. The molecule has 0 bridgehead atoms. The second-order valence-electron chi connectivity index (χ2n) is 13.5. The lowest BCUT2D eigenvalue weighted by molar-refractivity contribution is -0.127. The van der Waals surface area contributed by atoms with E-state index in [0.29, 0.717) is 40.0 Å². The highest BCUT2D eigenvalue weighted by molar-refractivity contribution is 6.08. The summed E-state index contributed by atoms with van der Waals surface area (Å²) in [4.78, 5) is 32.5. The van der Waals surface area contributed by atoms with Crippen molar-refractivity contribution in [1.29, 1.82) is 0 Å². The van der Waals surface area contributed by atoms with Gasteiger partial charge in [0.15, 0.2) is 0 Å². The summed E-state index contributed by atoms with van der Waals surface area (Å²) in [5.74, 6) is 2.88. The van der Waals surface area contributed by atoms with Crippen molar-refractivity contribution in [2.24, 2.45) is 5.73 Å². The SMILES string of the molecule is CCC(N)CC(C)(C)c1cc(CC(=O)N(C)C)c(OC)c(NC(=O)Nc2ccc(Oc3ccnc(Nc4cccc(OC)c4)c3)c3ccccc23)c1. The summed E-state index contributed by atoms with van der Waals surface area (Å²) < 4.78 is 17.5. The number of nitrogens with two attached hydrogens (primary N) is 1. The highest BCUT2D eigenvalue weighted by Gasteiger charge is 2.27. The van der Waals surface area contributed by atoms with Crippen LogP contribution in [-0.4, -0.2) is 56.2 Å².